The summed E-state index contributed by atoms with van der Waals surface area (Å²) in [4.78, 5) is 29.2. The van der Waals surface area contributed by atoms with Crippen LogP contribution in [0.5, 0.6) is 5.75 Å². The van der Waals surface area contributed by atoms with Gasteiger partial charge in [0, 0.05) is 57.7 Å². The predicted octanol–water partition coefficient (Wildman–Crippen LogP) is 6.91. The third-order valence-electron chi connectivity index (χ3n) is 8.88. The molecular weight excluding hydrogens is 623 g/mol. The minimum absolute atomic E-state index is 0.582. The normalized spacial score (nSPS) is 13.3. The van der Waals surface area contributed by atoms with Crippen molar-refractivity contribution in [3.05, 3.63) is 113 Å². The SMILES string of the molecule is CCCc1ccc(CN(Cc2ccc(OC)cc2)c2nc(C)nc(-c3cc(CN4CCNCC4)cnc3Nc3ccc(CCC)nc3)n2)cc1. The average Bonchev–Trinajstić information content (AvgIpc) is 3.14. The fraction of sp³-hybridized carbons (Fsp3) is 0.375. The van der Waals surface area contributed by atoms with Crippen molar-refractivity contribution in [2.45, 2.75) is 66.1 Å². The molecule has 5 aromatic rings. The Morgan fingerprint density at radius 1 is 0.780 bits per heavy atom. The molecule has 0 atom stereocenters. The van der Waals surface area contributed by atoms with E-state index in [-0.39, 0.29) is 0 Å². The van der Waals surface area contributed by atoms with Gasteiger partial charge in [0.1, 0.15) is 17.4 Å². The van der Waals surface area contributed by atoms with Crippen molar-refractivity contribution in [3.63, 3.8) is 0 Å². The van der Waals surface area contributed by atoms with Crippen LogP contribution in [-0.2, 0) is 32.5 Å². The third kappa shape index (κ3) is 9.40. The molecule has 1 fully saturated rings. The summed E-state index contributed by atoms with van der Waals surface area (Å²) in [6, 6.07) is 23.4. The van der Waals surface area contributed by atoms with E-state index < -0.39 is 0 Å². The molecule has 0 spiro atoms. The van der Waals surface area contributed by atoms with Crippen molar-refractivity contribution < 1.29 is 4.74 Å². The molecule has 2 aromatic carbocycles. The molecule has 0 unspecified atom stereocenters. The number of nitrogens with one attached hydrogen (secondary N) is 2. The van der Waals surface area contributed by atoms with E-state index in [1.807, 2.05) is 31.5 Å². The summed E-state index contributed by atoms with van der Waals surface area (Å²) in [5.74, 6) is 3.35. The minimum Gasteiger partial charge on any atom is -0.497 e. The van der Waals surface area contributed by atoms with Crippen LogP contribution in [0.15, 0.2) is 79.1 Å². The van der Waals surface area contributed by atoms with Gasteiger partial charge in [-0.1, -0.05) is 63.1 Å². The number of rotatable bonds is 15. The van der Waals surface area contributed by atoms with E-state index in [1.165, 1.54) is 11.1 Å². The van der Waals surface area contributed by atoms with Crippen LogP contribution >= 0.6 is 0 Å². The van der Waals surface area contributed by atoms with Crippen LogP contribution in [0, 0.1) is 6.92 Å². The van der Waals surface area contributed by atoms with Gasteiger partial charge in [-0.15, -0.1) is 0 Å². The van der Waals surface area contributed by atoms with Gasteiger partial charge in [-0.25, -0.2) is 9.97 Å². The highest BCUT2D eigenvalue weighted by atomic mass is 16.5. The van der Waals surface area contributed by atoms with E-state index in [0.717, 1.165) is 92.2 Å². The second kappa shape index (κ2) is 17.1. The quantitative estimate of drug-likeness (QED) is 0.122. The first kappa shape index (κ1) is 34.9. The molecule has 260 valence electrons. The molecule has 1 aliphatic rings. The summed E-state index contributed by atoms with van der Waals surface area (Å²) in [5, 5.41) is 6.97. The highest BCUT2D eigenvalue weighted by Crippen LogP contribution is 2.30. The number of methoxy groups -OCH3 is 1. The molecule has 1 saturated heterocycles. The van der Waals surface area contributed by atoms with Crippen molar-refractivity contribution in [2.24, 2.45) is 0 Å². The number of benzene rings is 2. The third-order valence-corrected chi connectivity index (χ3v) is 8.88. The van der Waals surface area contributed by atoms with E-state index >= 15 is 0 Å². The molecule has 6 rings (SSSR count). The Hall–Kier alpha value is -4.93. The lowest BCUT2D eigenvalue weighted by Crippen LogP contribution is -2.42. The van der Waals surface area contributed by atoms with Crippen molar-refractivity contribution in [1.29, 1.82) is 0 Å². The maximum Gasteiger partial charge on any atom is 0.229 e. The molecule has 0 aliphatic carbocycles. The monoisotopic (exact) mass is 671 g/mol. The van der Waals surface area contributed by atoms with E-state index in [4.69, 9.17) is 24.7 Å². The highest BCUT2D eigenvalue weighted by molar-refractivity contribution is 5.75. The maximum absolute atomic E-state index is 5.43. The zero-order valence-corrected chi connectivity index (χ0v) is 29.8. The van der Waals surface area contributed by atoms with Crippen LogP contribution in [0.3, 0.4) is 0 Å². The van der Waals surface area contributed by atoms with E-state index in [9.17, 15) is 0 Å². The number of aromatic nitrogens is 5. The van der Waals surface area contributed by atoms with Crippen molar-refractivity contribution >= 4 is 17.5 Å². The van der Waals surface area contributed by atoms with Gasteiger partial charge in [0.25, 0.3) is 0 Å². The lowest BCUT2D eigenvalue weighted by Gasteiger charge is -2.27. The highest BCUT2D eigenvalue weighted by Gasteiger charge is 2.20. The Balaban J connectivity index is 1.37. The standard InChI is InChI=1S/C40H49N9O/c1-5-7-30-9-11-31(12-10-30)27-49(28-32-13-17-36(50-4)18-14-32)40-45-29(3)44-39(47-40)37-23-33(26-48-21-19-41-20-22-48)24-43-38(37)46-35-16-15-34(8-6-2)42-25-35/h9-18,23-25,41H,5-8,19-22,26-28H2,1-4H3,(H,43,46). The van der Waals surface area contributed by atoms with Gasteiger partial charge < -0.3 is 20.3 Å². The number of pyridine rings is 2. The van der Waals surface area contributed by atoms with Gasteiger partial charge in [0.05, 0.1) is 24.6 Å². The number of piperazine rings is 1. The van der Waals surface area contributed by atoms with Crippen molar-refractivity contribution in [1.82, 2.24) is 35.1 Å². The van der Waals surface area contributed by atoms with Crippen molar-refractivity contribution in [2.75, 3.05) is 43.5 Å². The number of aryl methyl sites for hydroxylation is 3. The molecule has 2 N–H and O–H groups in total. The first-order valence-corrected chi connectivity index (χ1v) is 17.8. The Morgan fingerprint density at radius 3 is 2.14 bits per heavy atom. The van der Waals surface area contributed by atoms with Crippen LogP contribution < -0.4 is 20.3 Å². The number of hydrogen-bond donors (Lipinski definition) is 2. The summed E-state index contributed by atoms with van der Waals surface area (Å²) in [7, 11) is 1.69. The number of nitrogens with zero attached hydrogens (tertiary/aromatic N) is 7. The summed E-state index contributed by atoms with van der Waals surface area (Å²) < 4.78 is 5.43. The van der Waals surface area contributed by atoms with Gasteiger partial charge in [0.15, 0.2) is 5.82 Å². The molecule has 1 aliphatic heterocycles. The van der Waals surface area contributed by atoms with E-state index in [0.29, 0.717) is 36.5 Å². The summed E-state index contributed by atoms with van der Waals surface area (Å²) >= 11 is 0. The van der Waals surface area contributed by atoms with Gasteiger partial charge in [-0.05, 0) is 72.4 Å². The van der Waals surface area contributed by atoms with Gasteiger partial charge in [0.2, 0.25) is 5.95 Å². The molecule has 10 heteroatoms. The molecule has 50 heavy (non-hydrogen) atoms. The molecular formula is C40H49N9O. The Morgan fingerprint density at radius 2 is 1.48 bits per heavy atom. The number of ether oxygens (including phenoxy) is 1. The van der Waals surface area contributed by atoms with Crippen LogP contribution in [0.4, 0.5) is 17.5 Å². The van der Waals surface area contributed by atoms with Gasteiger partial charge in [-0.3, -0.25) is 9.88 Å². The second-order valence-electron chi connectivity index (χ2n) is 13.0. The fourth-order valence-electron chi connectivity index (χ4n) is 6.23. The minimum atomic E-state index is 0.582. The molecule has 0 bridgehead atoms. The number of hydrogen-bond acceptors (Lipinski definition) is 10. The molecule has 4 heterocycles. The predicted molar refractivity (Wildman–Crippen MR) is 201 cm³/mol. The van der Waals surface area contributed by atoms with Gasteiger partial charge in [-0.2, -0.15) is 9.97 Å². The number of anilines is 3. The summed E-state index contributed by atoms with van der Waals surface area (Å²) in [6.07, 6.45) is 8.03. The Bertz CT molecular complexity index is 1810. The lowest BCUT2D eigenvalue weighted by atomic mass is 10.1. The zero-order valence-electron chi connectivity index (χ0n) is 29.8. The van der Waals surface area contributed by atoms with Gasteiger partial charge >= 0.3 is 0 Å². The van der Waals surface area contributed by atoms with E-state index in [1.54, 1.807) is 7.11 Å². The topological polar surface area (TPSA) is 104 Å². The lowest BCUT2D eigenvalue weighted by molar-refractivity contribution is 0.233. The first-order valence-electron chi connectivity index (χ1n) is 17.8. The van der Waals surface area contributed by atoms with Crippen LogP contribution in [-0.4, -0.2) is 63.1 Å². The Kier molecular flexibility index (Phi) is 12.0. The largest absolute Gasteiger partial charge is 0.497 e. The summed E-state index contributed by atoms with van der Waals surface area (Å²) in [6.45, 7) is 12.4. The Labute approximate surface area is 296 Å². The fourth-order valence-corrected chi connectivity index (χ4v) is 6.23. The first-order chi connectivity index (χ1) is 24.5. The average molecular weight is 672 g/mol. The van der Waals surface area contributed by atoms with Crippen LogP contribution in [0.25, 0.3) is 11.4 Å². The van der Waals surface area contributed by atoms with Crippen LogP contribution in [0.1, 0.15) is 60.5 Å². The van der Waals surface area contributed by atoms with Crippen molar-refractivity contribution in [3.8, 4) is 17.1 Å². The smallest absolute Gasteiger partial charge is 0.229 e. The van der Waals surface area contributed by atoms with Crippen LogP contribution in [0.2, 0.25) is 0 Å². The maximum atomic E-state index is 5.43. The molecule has 0 amide bonds. The zero-order chi connectivity index (χ0) is 34.7. The second-order valence-corrected chi connectivity index (χ2v) is 13.0. The van der Waals surface area contributed by atoms with E-state index in [2.05, 4.69) is 93.9 Å². The molecule has 10 nitrogen and oxygen atoms in total. The molecule has 3 aromatic heterocycles. The summed E-state index contributed by atoms with van der Waals surface area (Å²) in [5.41, 5.74) is 7.56. The molecule has 0 saturated carbocycles. The molecule has 0 radical (unpaired) electrons.